The SMILES string of the molecule is Cc1cc(C)cc(N(C)C(=O)c2cc(Cl)nnc2Cl)c1. The van der Waals surface area contributed by atoms with Gasteiger partial charge in [-0.1, -0.05) is 29.3 Å². The van der Waals surface area contributed by atoms with Crippen LogP contribution in [0, 0.1) is 13.8 Å². The van der Waals surface area contributed by atoms with Gasteiger partial charge in [0.2, 0.25) is 0 Å². The van der Waals surface area contributed by atoms with Crippen LogP contribution in [0.15, 0.2) is 24.3 Å². The minimum atomic E-state index is -0.281. The van der Waals surface area contributed by atoms with Gasteiger partial charge in [0, 0.05) is 12.7 Å². The van der Waals surface area contributed by atoms with Crippen LogP contribution in [0.25, 0.3) is 0 Å². The Kier molecular flexibility index (Phi) is 4.26. The molecule has 0 radical (unpaired) electrons. The third-order valence-corrected chi connectivity index (χ3v) is 3.31. The van der Waals surface area contributed by atoms with Crippen molar-refractivity contribution in [2.75, 3.05) is 11.9 Å². The van der Waals surface area contributed by atoms with Gasteiger partial charge in [0.25, 0.3) is 5.91 Å². The first-order valence-corrected chi connectivity index (χ1v) is 6.69. The molecule has 0 atom stereocenters. The number of hydrogen-bond donors (Lipinski definition) is 0. The summed E-state index contributed by atoms with van der Waals surface area (Å²) >= 11 is 11.7. The van der Waals surface area contributed by atoms with Gasteiger partial charge in [-0.3, -0.25) is 4.79 Å². The van der Waals surface area contributed by atoms with Crippen molar-refractivity contribution >= 4 is 34.8 Å². The third-order valence-electron chi connectivity index (χ3n) is 2.85. The van der Waals surface area contributed by atoms with E-state index in [9.17, 15) is 4.79 Å². The Morgan fingerprint density at radius 1 is 1.05 bits per heavy atom. The molecule has 1 aromatic heterocycles. The fraction of sp³-hybridized carbons (Fsp3) is 0.214. The first kappa shape index (κ1) is 14.8. The second-order valence-corrected chi connectivity index (χ2v) is 5.33. The maximum absolute atomic E-state index is 12.5. The zero-order chi connectivity index (χ0) is 14.9. The van der Waals surface area contributed by atoms with Crippen LogP contribution in [0.3, 0.4) is 0 Å². The van der Waals surface area contributed by atoms with Crippen LogP contribution < -0.4 is 4.90 Å². The van der Waals surface area contributed by atoms with Crippen LogP contribution in [0.4, 0.5) is 5.69 Å². The lowest BCUT2D eigenvalue weighted by Crippen LogP contribution is -2.27. The smallest absolute Gasteiger partial charge is 0.261 e. The van der Waals surface area contributed by atoms with E-state index in [0.29, 0.717) is 0 Å². The molecule has 4 nitrogen and oxygen atoms in total. The van der Waals surface area contributed by atoms with Gasteiger partial charge < -0.3 is 4.90 Å². The number of carbonyl (C=O) groups excluding carboxylic acids is 1. The molecule has 0 aliphatic carbocycles. The van der Waals surface area contributed by atoms with Gasteiger partial charge in [0.1, 0.15) is 0 Å². The number of aromatic nitrogens is 2. The summed E-state index contributed by atoms with van der Waals surface area (Å²) < 4.78 is 0. The number of anilines is 1. The van der Waals surface area contributed by atoms with E-state index in [1.807, 2.05) is 32.0 Å². The highest BCUT2D eigenvalue weighted by Crippen LogP contribution is 2.22. The average Bonchev–Trinajstić information content (AvgIpc) is 2.38. The Balaban J connectivity index is 2.39. The fourth-order valence-corrected chi connectivity index (χ4v) is 2.27. The molecule has 1 heterocycles. The number of benzene rings is 1. The molecule has 0 N–H and O–H groups in total. The molecule has 1 amide bonds. The van der Waals surface area contributed by atoms with Crippen LogP contribution in [0.2, 0.25) is 10.3 Å². The van der Waals surface area contributed by atoms with E-state index in [1.165, 1.54) is 11.0 Å². The molecule has 1 aromatic carbocycles. The van der Waals surface area contributed by atoms with Crippen molar-refractivity contribution in [1.82, 2.24) is 10.2 Å². The fourth-order valence-electron chi connectivity index (χ4n) is 1.95. The second kappa shape index (κ2) is 5.77. The highest BCUT2D eigenvalue weighted by atomic mass is 35.5. The van der Waals surface area contributed by atoms with E-state index in [4.69, 9.17) is 23.2 Å². The maximum atomic E-state index is 12.5. The molecule has 0 fully saturated rings. The molecule has 2 aromatic rings. The summed E-state index contributed by atoms with van der Waals surface area (Å²) in [6.45, 7) is 3.96. The first-order chi connectivity index (χ1) is 9.38. The number of halogens is 2. The third kappa shape index (κ3) is 3.08. The molecule has 0 aliphatic heterocycles. The van der Waals surface area contributed by atoms with E-state index >= 15 is 0 Å². The second-order valence-electron chi connectivity index (χ2n) is 4.58. The van der Waals surface area contributed by atoms with Crippen molar-refractivity contribution in [3.8, 4) is 0 Å². The molecule has 0 spiro atoms. The monoisotopic (exact) mass is 309 g/mol. The summed E-state index contributed by atoms with van der Waals surface area (Å²) in [6.07, 6.45) is 0. The lowest BCUT2D eigenvalue weighted by atomic mass is 10.1. The number of aryl methyl sites for hydroxylation is 2. The van der Waals surface area contributed by atoms with Crippen molar-refractivity contribution in [3.05, 3.63) is 51.3 Å². The molecule has 2 rings (SSSR count). The summed E-state index contributed by atoms with van der Waals surface area (Å²) in [6, 6.07) is 7.31. The number of rotatable bonds is 2. The number of nitrogens with zero attached hydrogens (tertiary/aromatic N) is 3. The van der Waals surface area contributed by atoms with Gasteiger partial charge in [-0.15, -0.1) is 10.2 Å². The largest absolute Gasteiger partial charge is 0.311 e. The van der Waals surface area contributed by atoms with Gasteiger partial charge in [-0.25, -0.2) is 0 Å². The zero-order valence-corrected chi connectivity index (χ0v) is 12.8. The van der Waals surface area contributed by atoms with Gasteiger partial charge in [-0.2, -0.15) is 0 Å². The van der Waals surface area contributed by atoms with Crippen LogP contribution in [-0.4, -0.2) is 23.2 Å². The normalized spacial score (nSPS) is 10.4. The van der Waals surface area contributed by atoms with Crippen molar-refractivity contribution in [3.63, 3.8) is 0 Å². The molecule has 20 heavy (non-hydrogen) atoms. The number of amides is 1. The van der Waals surface area contributed by atoms with E-state index in [1.54, 1.807) is 7.05 Å². The Morgan fingerprint density at radius 2 is 1.65 bits per heavy atom. The molecular formula is C14H13Cl2N3O. The summed E-state index contributed by atoms with van der Waals surface area (Å²) in [5.74, 6) is -0.281. The maximum Gasteiger partial charge on any atom is 0.261 e. The standard InChI is InChI=1S/C14H13Cl2N3O/c1-8-4-9(2)6-10(5-8)19(3)14(20)11-7-12(15)17-18-13(11)16/h4-7H,1-3H3. The lowest BCUT2D eigenvalue weighted by Gasteiger charge is -2.19. The lowest BCUT2D eigenvalue weighted by molar-refractivity contribution is 0.0992. The predicted molar refractivity (Wildman–Crippen MR) is 80.7 cm³/mol. The molecule has 0 saturated heterocycles. The zero-order valence-electron chi connectivity index (χ0n) is 11.3. The molecule has 6 heteroatoms. The summed E-state index contributed by atoms with van der Waals surface area (Å²) in [4.78, 5) is 14.0. The van der Waals surface area contributed by atoms with Gasteiger partial charge in [0.05, 0.1) is 5.56 Å². The molecule has 0 saturated carbocycles. The van der Waals surface area contributed by atoms with Crippen LogP contribution in [0.1, 0.15) is 21.5 Å². The Hall–Kier alpha value is -1.65. The van der Waals surface area contributed by atoms with E-state index in [2.05, 4.69) is 10.2 Å². The number of carbonyl (C=O) groups is 1. The van der Waals surface area contributed by atoms with Crippen molar-refractivity contribution < 1.29 is 4.79 Å². The first-order valence-electron chi connectivity index (χ1n) is 5.93. The van der Waals surface area contributed by atoms with Gasteiger partial charge >= 0.3 is 0 Å². The Bertz CT molecular complexity index is 653. The van der Waals surface area contributed by atoms with E-state index in [0.717, 1.165) is 16.8 Å². The summed E-state index contributed by atoms with van der Waals surface area (Å²) in [7, 11) is 1.68. The topological polar surface area (TPSA) is 46.1 Å². The van der Waals surface area contributed by atoms with Gasteiger partial charge in [-0.05, 0) is 43.2 Å². The average molecular weight is 310 g/mol. The molecule has 104 valence electrons. The molecule has 0 unspecified atom stereocenters. The van der Waals surface area contributed by atoms with Crippen molar-refractivity contribution in [2.24, 2.45) is 0 Å². The quantitative estimate of drug-likeness (QED) is 0.850. The molecular weight excluding hydrogens is 297 g/mol. The van der Waals surface area contributed by atoms with Crippen molar-refractivity contribution in [1.29, 1.82) is 0 Å². The predicted octanol–water partition coefficient (Wildman–Crippen LogP) is 3.68. The summed E-state index contributed by atoms with van der Waals surface area (Å²) in [5.41, 5.74) is 3.18. The number of hydrogen-bond acceptors (Lipinski definition) is 3. The Morgan fingerprint density at radius 3 is 2.25 bits per heavy atom. The molecule has 0 bridgehead atoms. The van der Waals surface area contributed by atoms with E-state index < -0.39 is 0 Å². The van der Waals surface area contributed by atoms with E-state index in [-0.39, 0.29) is 21.8 Å². The minimum absolute atomic E-state index is 0.0376. The van der Waals surface area contributed by atoms with Gasteiger partial charge in [0.15, 0.2) is 10.3 Å². The highest BCUT2D eigenvalue weighted by Gasteiger charge is 2.19. The van der Waals surface area contributed by atoms with Crippen LogP contribution in [0.5, 0.6) is 0 Å². The highest BCUT2D eigenvalue weighted by molar-refractivity contribution is 6.34. The van der Waals surface area contributed by atoms with Crippen LogP contribution >= 0.6 is 23.2 Å². The van der Waals surface area contributed by atoms with Crippen molar-refractivity contribution in [2.45, 2.75) is 13.8 Å². The van der Waals surface area contributed by atoms with Crippen LogP contribution in [-0.2, 0) is 0 Å². The molecule has 0 aliphatic rings. The Labute approximate surface area is 127 Å². The summed E-state index contributed by atoms with van der Waals surface area (Å²) in [5, 5.41) is 7.41. The minimum Gasteiger partial charge on any atom is -0.311 e.